The molecule has 1 aliphatic rings. The number of morpholine rings is 1. The molecule has 1 atom stereocenters. The number of methoxy groups -OCH3 is 1. The largest absolute Gasteiger partial charge is 0.468 e. The van der Waals surface area contributed by atoms with Gasteiger partial charge in [-0.3, -0.25) is 14.6 Å². The molecule has 0 aromatic rings. The Morgan fingerprint density at radius 2 is 2.22 bits per heavy atom. The van der Waals surface area contributed by atoms with Gasteiger partial charge in [-0.2, -0.15) is 0 Å². The molecule has 5 heteroatoms. The number of carbonyl (C=O) groups excluding carboxylic acids is 1. The highest BCUT2D eigenvalue weighted by Gasteiger charge is 2.27. The molecule has 18 heavy (non-hydrogen) atoms. The van der Waals surface area contributed by atoms with Gasteiger partial charge in [-0.25, -0.2) is 0 Å². The van der Waals surface area contributed by atoms with Crippen molar-refractivity contribution in [3.63, 3.8) is 0 Å². The summed E-state index contributed by atoms with van der Waals surface area (Å²) in [5.41, 5.74) is -0.0647. The van der Waals surface area contributed by atoms with Crippen LogP contribution in [0.1, 0.15) is 20.8 Å². The standard InChI is InChI=1S/C13H26N2O3/c1-11(12(16)17-5)14(4)6-7-15-8-9-18-13(2,3)10-15/h11H,6-10H2,1-5H3/t11-/m0/s1. The maximum absolute atomic E-state index is 11.4. The zero-order valence-electron chi connectivity index (χ0n) is 12.2. The first-order valence-electron chi connectivity index (χ1n) is 6.50. The minimum absolute atomic E-state index is 0.0647. The number of rotatable bonds is 5. The van der Waals surface area contributed by atoms with E-state index in [1.807, 2.05) is 18.9 Å². The van der Waals surface area contributed by atoms with Crippen molar-refractivity contribution >= 4 is 5.97 Å². The summed E-state index contributed by atoms with van der Waals surface area (Å²) in [6, 6.07) is -0.191. The molecule has 0 spiro atoms. The summed E-state index contributed by atoms with van der Waals surface area (Å²) in [7, 11) is 3.38. The minimum Gasteiger partial charge on any atom is -0.468 e. The van der Waals surface area contributed by atoms with Crippen molar-refractivity contribution in [3.8, 4) is 0 Å². The third kappa shape index (κ3) is 4.55. The van der Waals surface area contributed by atoms with Gasteiger partial charge in [0, 0.05) is 26.2 Å². The smallest absolute Gasteiger partial charge is 0.322 e. The number of hydrogen-bond donors (Lipinski definition) is 0. The maximum Gasteiger partial charge on any atom is 0.322 e. The quantitative estimate of drug-likeness (QED) is 0.675. The predicted molar refractivity (Wildman–Crippen MR) is 70.6 cm³/mol. The fourth-order valence-electron chi connectivity index (χ4n) is 2.15. The van der Waals surface area contributed by atoms with Crippen molar-refractivity contribution in [2.75, 3.05) is 46.9 Å². The topological polar surface area (TPSA) is 42.0 Å². The molecule has 5 nitrogen and oxygen atoms in total. The van der Waals surface area contributed by atoms with Gasteiger partial charge in [0.1, 0.15) is 6.04 Å². The normalized spacial score (nSPS) is 21.9. The molecule has 0 unspecified atom stereocenters. The zero-order chi connectivity index (χ0) is 13.8. The molecule has 1 saturated heterocycles. The predicted octanol–water partition coefficient (Wildman–Crippen LogP) is 0.591. The third-order valence-electron chi connectivity index (χ3n) is 3.48. The van der Waals surface area contributed by atoms with E-state index < -0.39 is 0 Å². The van der Waals surface area contributed by atoms with Crippen molar-refractivity contribution < 1.29 is 14.3 Å². The van der Waals surface area contributed by atoms with Crippen LogP contribution in [-0.4, -0.2) is 74.4 Å². The second kappa shape index (κ2) is 6.50. The van der Waals surface area contributed by atoms with E-state index in [0.717, 1.165) is 32.8 Å². The van der Waals surface area contributed by atoms with Gasteiger partial charge < -0.3 is 9.47 Å². The highest BCUT2D eigenvalue weighted by molar-refractivity contribution is 5.75. The maximum atomic E-state index is 11.4. The highest BCUT2D eigenvalue weighted by atomic mass is 16.5. The van der Waals surface area contributed by atoms with Gasteiger partial charge in [0.15, 0.2) is 0 Å². The second-order valence-corrected chi connectivity index (χ2v) is 5.56. The van der Waals surface area contributed by atoms with Gasteiger partial charge in [0.25, 0.3) is 0 Å². The van der Waals surface area contributed by atoms with Gasteiger partial charge in [-0.15, -0.1) is 0 Å². The van der Waals surface area contributed by atoms with Crippen LogP contribution in [0.5, 0.6) is 0 Å². The van der Waals surface area contributed by atoms with E-state index in [1.165, 1.54) is 7.11 Å². The Labute approximate surface area is 110 Å². The van der Waals surface area contributed by atoms with Gasteiger partial charge in [0.05, 0.1) is 19.3 Å². The molecule has 0 aromatic carbocycles. The van der Waals surface area contributed by atoms with E-state index in [4.69, 9.17) is 9.47 Å². The number of ether oxygens (including phenoxy) is 2. The lowest BCUT2D eigenvalue weighted by Gasteiger charge is -2.39. The molecular weight excluding hydrogens is 232 g/mol. The summed E-state index contributed by atoms with van der Waals surface area (Å²) in [5, 5.41) is 0. The average Bonchev–Trinajstić information content (AvgIpc) is 2.32. The zero-order valence-corrected chi connectivity index (χ0v) is 12.2. The first-order valence-corrected chi connectivity index (χ1v) is 6.50. The van der Waals surface area contributed by atoms with Crippen LogP contribution >= 0.6 is 0 Å². The van der Waals surface area contributed by atoms with Crippen molar-refractivity contribution in [3.05, 3.63) is 0 Å². The van der Waals surface area contributed by atoms with Crippen molar-refractivity contribution in [2.24, 2.45) is 0 Å². The van der Waals surface area contributed by atoms with Gasteiger partial charge in [0.2, 0.25) is 0 Å². The lowest BCUT2D eigenvalue weighted by molar-refractivity contribution is -0.146. The van der Waals surface area contributed by atoms with Gasteiger partial charge in [-0.1, -0.05) is 0 Å². The average molecular weight is 258 g/mol. The van der Waals surface area contributed by atoms with E-state index in [-0.39, 0.29) is 17.6 Å². The summed E-state index contributed by atoms with van der Waals surface area (Å²) < 4.78 is 10.4. The van der Waals surface area contributed by atoms with E-state index in [2.05, 4.69) is 18.7 Å². The first-order chi connectivity index (χ1) is 8.35. The third-order valence-corrected chi connectivity index (χ3v) is 3.48. The molecule has 0 saturated carbocycles. The minimum atomic E-state index is -0.191. The van der Waals surface area contributed by atoms with E-state index >= 15 is 0 Å². The first kappa shape index (κ1) is 15.4. The highest BCUT2D eigenvalue weighted by Crippen LogP contribution is 2.16. The van der Waals surface area contributed by atoms with Crippen LogP contribution in [0.2, 0.25) is 0 Å². The molecule has 1 heterocycles. The lowest BCUT2D eigenvalue weighted by Crippen LogP contribution is -2.50. The van der Waals surface area contributed by atoms with Crippen molar-refractivity contribution in [1.29, 1.82) is 0 Å². The molecule has 1 rings (SSSR count). The van der Waals surface area contributed by atoms with Crippen LogP contribution < -0.4 is 0 Å². The Morgan fingerprint density at radius 1 is 1.56 bits per heavy atom. The fourth-order valence-corrected chi connectivity index (χ4v) is 2.15. The Balaban J connectivity index is 2.34. The molecule has 0 bridgehead atoms. The second-order valence-electron chi connectivity index (χ2n) is 5.56. The van der Waals surface area contributed by atoms with Crippen LogP contribution in [-0.2, 0) is 14.3 Å². The molecule has 106 valence electrons. The number of likely N-dealkylation sites (N-methyl/N-ethyl adjacent to an activating group) is 1. The summed E-state index contributed by atoms with van der Waals surface area (Å²) in [6.07, 6.45) is 0. The molecule has 0 aromatic heterocycles. The van der Waals surface area contributed by atoms with Crippen LogP contribution in [0, 0.1) is 0 Å². The molecular formula is C13H26N2O3. The van der Waals surface area contributed by atoms with E-state index in [1.54, 1.807) is 0 Å². The summed E-state index contributed by atoms with van der Waals surface area (Å²) in [6.45, 7) is 10.6. The van der Waals surface area contributed by atoms with Gasteiger partial charge >= 0.3 is 5.97 Å². The van der Waals surface area contributed by atoms with Gasteiger partial charge in [-0.05, 0) is 27.8 Å². The number of nitrogens with zero attached hydrogens (tertiary/aromatic N) is 2. The van der Waals surface area contributed by atoms with Crippen molar-refractivity contribution in [1.82, 2.24) is 9.80 Å². The molecule has 0 aliphatic carbocycles. The molecule has 1 aliphatic heterocycles. The van der Waals surface area contributed by atoms with Crippen LogP contribution in [0.15, 0.2) is 0 Å². The fraction of sp³-hybridized carbons (Fsp3) is 0.923. The number of esters is 1. The Bertz CT molecular complexity index is 281. The molecule has 0 amide bonds. The van der Waals surface area contributed by atoms with Crippen molar-refractivity contribution in [2.45, 2.75) is 32.4 Å². The summed E-state index contributed by atoms with van der Waals surface area (Å²) in [5.74, 6) is -0.181. The van der Waals surface area contributed by atoms with E-state index in [0.29, 0.717) is 0 Å². The number of hydrogen-bond acceptors (Lipinski definition) is 5. The van der Waals surface area contributed by atoms with Crippen LogP contribution in [0.3, 0.4) is 0 Å². The van der Waals surface area contributed by atoms with Crippen LogP contribution in [0.4, 0.5) is 0 Å². The van der Waals surface area contributed by atoms with E-state index in [9.17, 15) is 4.79 Å². The Kier molecular flexibility index (Phi) is 5.56. The molecule has 0 radical (unpaired) electrons. The lowest BCUT2D eigenvalue weighted by atomic mass is 10.1. The summed E-state index contributed by atoms with van der Waals surface area (Å²) in [4.78, 5) is 15.8. The van der Waals surface area contributed by atoms with Crippen LogP contribution in [0.25, 0.3) is 0 Å². The Hall–Kier alpha value is -0.650. The number of carbonyl (C=O) groups is 1. The molecule has 0 N–H and O–H groups in total. The SMILES string of the molecule is COC(=O)[C@H](C)N(C)CCN1CCOC(C)(C)C1. The monoisotopic (exact) mass is 258 g/mol. The Morgan fingerprint density at radius 3 is 2.78 bits per heavy atom. The molecule has 1 fully saturated rings. The summed E-state index contributed by atoms with van der Waals surface area (Å²) >= 11 is 0.